The Bertz CT molecular complexity index is 572. The lowest BCUT2D eigenvalue weighted by molar-refractivity contribution is 0.172. The van der Waals surface area contributed by atoms with E-state index in [0.717, 1.165) is 5.56 Å². The average Bonchev–Trinajstić information content (AvgIpc) is 2.48. The van der Waals surface area contributed by atoms with Crippen LogP contribution in [0.4, 0.5) is 4.39 Å². The topological polar surface area (TPSA) is 51.6 Å². The third-order valence-electron chi connectivity index (χ3n) is 3.01. The maximum atomic E-state index is 14.0. The van der Waals surface area contributed by atoms with Crippen molar-refractivity contribution in [1.82, 2.24) is 4.98 Å². The van der Waals surface area contributed by atoms with E-state index in [-0.39, 0.29) is 17.7 Å². The molecule has 1 aromatic carbocycles. The Morgan fingerprint density at radius 3 is 2.60 bits per heavy atom. The van der Waals surface area contributed by atoms with E-state index in [2.05, 4.69) is 4.98 Å². The van der Waals surface area contributed by atoms with E-state index in [1.807, 2.05) is 0 Å². The molecule has 0 saturated carbocycles. The van der Waals surface area contributed by atoms with Crippen LogP contribution in [0.3, 0.4) is 0 Å². The van der Waals surface area contributed by atoms with Crippen LogP contribution in [0, 0.1) is 5.82 Å². The molecule has 106 valence electrons. The second-order valence-corrected chi connectivity index (χ2v) is 4.29. The van der Waals surface area contributed by atoms with Gasteiger partial charge in [0.15, 0.2) is 11.6 Å². The van der Waals surface area contributed by atoms with Crippen molar-refractivity contribution < 1.29 is 19.0 Å². The Morgan fingerprint density at radius 1 is 1.20 bits per heavy atom. The molecule has 5 heteroatoms. The van der Waals surface area contributed by atoms with Gasteiger partial charge in [0.1, 0.15) is 0 Å². The summed E-state index contributed by atoms with van der Waals surface area (Å²) in [7, 11) is 2.92. The van der Waals surface area contributed by atoms with Crippen molar-refractivity contribution in [3.05, 3.63) is 53.5 Å². The van der Waals surface area contributed by atoms with Gasteiger partial charge in [0, 0.05) is 24.2 Å². The molecule has 0 aliphatic carbocycles. The smallest absolute Gasteiger partial charge is 0.212 e. The van der Waals surface area contributed by atoms with Gasteiger partial charge in [-0.05, 0) is 11.6 Å². The molecule has 0 fully saturated rings. The quantitative estimate of drug-likeness (QED) is 0.912. The van der Waals surface area contributed by atoms with Gasteiger partial charge in [0.25, 0.3) is 0 Å². The molecule has 2 aromatic rings. The number of ether oxygens (including phenoxy) is 2. The molecule has 1 N–H and O–H groups in total. The van der Waals surface area contributed by atoms with Crippen LogP contribution in [0.5, 0.6) is 11.6 Å². The molecule has 4 nitrogen and oxygen atoms in total. The molecular weight excluding hydrogens is 261 g/mol. The fourth-order valence-corrected chi connectivity index (χ4v) is 1.93. The number of aliphatic hydroxyl groups is 1. The first-order chi connectivity index (χ1) is 9.65. The number of hydrogen-bond acceptors (Lipinski definition) is 4. The Balaban J connectivity index is 2.16. The van der Waals surface area contributed by atoms with Gasteiger partial charge >= 0.3 is 0 Å². The van der Waals surface area contributed by atoms with Gasteiger partial charge in [0.05, 0.1) is 20.3 Å². The van der Waals surface area contributed by atoms with Gasteiger partial charge in [-0.1, -0.05) is 18.2 Å². The third kappa shape index (κ3) is 3.05. The molecule has 0 saturated heterocycles. The SMILES string of the molecule is COc1ccc(CC(O)c2cccc(OC)c2F)cn1. The lowest BCUT2D eigenvalue weighted by atomic mass is 10.0. The van der Waals surface area contributed by atoms with E-state index in [9.17, 15) is 9.50 Å². The highest BCUT2D eigenvalue weighted by Gasteiger charge is 2.16. The molecule has 1 atom stereocenters. The number of hydrogen-bond donors (Lipinski definition) is 1. The van der Waals surface area contributed by atoms with Crippen molar-refractivity contribution >= 4 is 0 Å². The van der Waals surface area contributed by atoms with Crippen LogP contribution in [0.2, 0.25) is 0 Å². The van der Waals surface area contributed by atoms with E-state index in [1.54, 1.807) is 30.5 Å². The number of halogens is 1. The molecule has 0 amide bonds. The van der Waals surface area contributed by atoms with Crippen molar-refractivity contribution in [3.8, 4) is 11.6 Å². The molecule has 20 heavy (non-hydrogen) atoms. The van der Waals surface area contributed by atoms with Gasteiger partial charge in [-0.2, -0.15) is 0 Å². The zero-order valence-corrected chi connectivity index (χ0v) is 11.3. The normalized spacial score (nSPS) is 12.0. The van der Waals surface area contributed by atoms with Gasteiger partial charge in [-0.15, -0.1) is 0 Å². The van der Waals surface area contributed by atoms with Gasteiger partial charge in [-0.3, -0.25) is 0 Å². The predicted molar refractivity (Wildman–Crippen MR) is 72.4 cm³/mol. The Kier molecular flexibility index (Phi) is 4.53. The van der Waals surface area contributed by atoms with Gasteiger partial charge < -0.3 is 14.6 Å². The summed E-state index contributed by atoms with van der Waals surface area (Å²) in [4.78, 5) is 4.05. The Morgan fingerprint density at radius 2 is 2.00 bits per heavy atom. The predicted octanol–water partition coefficient (Wildman–Crippen LogP) is 2.51. The zero-order chi connectivity index (χ0) is 14.5. The molecule has 0 radical (unpaired) electrons. The minimum absolute atomic E-state index is 0.120. The maximum Gasteiger partial charge on any atom is 0.212 e. The summed E-state index contributed by atoms with van der Waals surface area (Å²) >= 11 is 0. The van der Waals surface area contributed by atoms with Crippen LogP contribution in [-0.4, -0.2) is 24.3 Å². The van der Waals surface area contributed by atoms with Crippen LogP contribution in [0.15, 0.2) is 36.5 Å². The highest BCUT2D eigenvalue weighted by atomic mass is 19.1. The highest BCUT2D eigenvalue weighted by molar-refractivity contribution is 5.33. The molecular formula is C15H16FNO3. The number of rotatable bonds is 5. The van der Waals surface area contributed by atoms with Crippen molar-refractivity contribution in [2.24, 2.45) is 0 Å². The largest absolute Gasteiger partial charge is 0.494 e. The van der Waals surface area contributed by atoms with E-state index < -0.39 is 11.9 Å². The van der Waals surface area contributed by atoms with E-state index >= 15 is 0 Å². The van der Waals surface area contributed by atoms with Crippen LogP contribution >= 0.6 is 0 Å². The fraction of sp³-hybridized carbons (Fsp3) is 0.267. The van der Waals surface area contributed by atoms with Crippen LogP contribution in [0.1, 0.15) is 17.2 Å². The first-order valence-corrected chi connectivity index (χ1v) is 6.15. The molecule has 1 aromatic heterocycles. The average molecular weight is 277 g/mol. The Hall–Kier alpha value is -2.14. The van der Waals surface area contributed by atoms with Crippen LogP contribution in [-0.2, 0) is 6.42 Å². The van der Waals surface area contributed by atoms with E-state index in [1.165, 1.54) is 20.3 Å². The molecule has 0 bridgehead atoms. The number of pyridine rings is 1. The van der Waals surface area contributed by atoms with Crippen molar-refractivity contribution in [3.63, 3.8) is 0 Å². The second-order valence-electron chi connectivity index (χ2n) is 4.29. The zero-order valence-electron chi connectivity index (χ0n) is 11.3. The van der Waals surface area contributed by atoms with E-state index in [0.29, 0.717) is 5.88 Å². The summed E-state index contributed by atoms with van der Waals surface area (Å²) in [6.07, 6.45) is 0.904. The minimum atomic E-state index is -0.958. The van der Waals surface area contributed by atoms with Gasteiger partial charge in [-0.25, -0.2) is 9.37 Å². The molecule has 2 rings (SSSR count). The fourth-order valence-electron chi connectivity index (χ4n) is 1.93. The number of aliphatic hydroxyl groups excluding tert-OH is 1. The van der Waals surface area contributed by atoms with Crippen LogP contribution < -0.4 is 9.47 Å². The van der Waals surface area contributed by atoms with Crippen molar-refractivity contribution in [2.75, 3.05) is 14.2 Å². The number of benzene rings is 1. The monoisotopic (exact) mass is 277 g/mol. The van der Waals surface area contributed by atoms with Gasteiger partial charge in [0.2, 0.25) is 5.88 Å². The summed E-state index contributed by atoms with van der Waals surface area (Å²) in [5, 5.41) is 10.1. The number of methoxy groups -OCH3 is 2. The molecule has 1 heterocycles. The summed E-state index contributed by atoms with van der Waals surface area (Å²) in [6.45, 7) is 0. The minimum Gasteiger partial charge on any atom is -0.494 e. The lowest BCUT2D eigenvalue weighted by Gasteiger charge is -2.13. The molecule has 1 unspecified atom stereocenters. The molecule has 0 spiro atoms. The first kappa shape index (κ1) is 14.3. The number of aromatic nitrogens is 1. The van der Waals surface area contributed by atoms with Crippen LogP contribution in [0.25, 0.3) is 0 Å². The molecule has 0 aliphatic heterocycles. The standard InChI is InChI=1S/C15H16FNO3/c1-19-13-5-3-4-11(15(13)16)12(18)8-10-6-7-14(20-2)17-9-10/h3-7,9,12,18H,8H2,1-2H3. The summed E-state index contributed by atoms with van der Waals surface area (Å²) in [5.41, 5.74) is 1.00. The van der Waals surface area contributed by atoms with Crippen molar-refractivity contribution in [2.45, 2.75) is 12.5 Å². The summed E-state index contributed by atoms with van der Waals surface area (Å²) in [5.74, 6) is 0.0779. The third-order valence-corrected chi connectivity index (χ3v) is 3.01. The first-order valence-electron chi connectivity index (χ1n) is 6.15. The second kappa shape index (κ2) is 6.34. The van der Waals surface area contributed by atoms with Crippen molar-refractivity contribution in [1.29, 1.82) is 0 Å². The lowest BCUT2D eigenvalue weighted by Crippen LogP contribution is -2.06. The number of nitrogens with zero attached hydrogens (tertiary/aromatic N) is 1. The maximum absolute atomic E-state index is 14.0. The molecule has 0 aliphatic rings. The summed E-state index contributed by atoms with van der Waals surface area (Å²) < 4.78 is 23.9. The highest BCUT2D eigenvalue weighted by Crippen LogP contribution is 2.27. The Labute approximate surface area is 116 Å². The summed E-state index contributed by atoms with van der Waals surface area (Å²) in [6, 6.07) is 8.18. The van der Waals surface area contributed by atoms with E-state index in [4.69, 9.17) is 9.47 Å².